The van der Waals surface area contributed by atoms with Crippen LogP contribution in [0.1, 0.15) is 30.6 Å². The van der Waals surface area contributed by atoms with E-state index in [1.807, 2.05) is 13.8 Å². The Morgan fingerprint density at radius 1 is 1.24 bits per heavy atom. The van der Waals surface area contributed by atoms with E-state index < -0.39 is 23.9 Å². The van der Waals surface area contributed by atoms with Crippen LogP contribution in [0.3, 0.4) is 0 Å². The Morgan fingerprint density at radius 2 is 1.86 bits per heavy atom. The van der Waals surface area contributed by atoms with Gasteiger partial charge in [-0.05, 0) is 24.5 Å². The van der Waals surface area contributed by atoms with E-state index in [0.717, 1.165) is 0 Å². The van der Waals surface area contributed by atoms with Gasteiger partial charge in [-0.1, -0.05) is 26.0 Å². The molecule has 1 atom stereocenters. The first-order valence-electron chi connectivity index (χ1n) is 6.50. The number of amides is 3. The molecule has 7 nitrogen and oxygen atoms in total. The third-order valence-electron chi connectivity index (χ3n) is 2.76. The second-order valence-electron chi connectivity index (χ2n) is 5.03. The lowest BCUT2D eigenvalue weighted by Gasteiger charge is -2.19. The lowest BCUT2D eigenvalue weighted by molar-refractivity contribution is -0.118. The maximum absolute atomic E-state index is 12.2. The summed E-state index contributed by atoms with van der Waals surface area (Å²) < 4.78 is 0. The number of primary amides is 1. The van der Waals surface area contributed by atoms with Crippen LogP contribution in [0.5, 0.6) is 0 Å². The molecule has 0 aliphatic carbocycles. The number of aromatic carboxylic acids is 1. The summed E-state index contributed by atoms with van der Waals surface area (Å²) in [5.74, 6) is -1.49. The van der Waals surface area contributed by atoms with Gasteiger partial charge in [0.05, 0.1) is 11.3 Å². The van der Waals surface area contributed by atoms with Crippen molar-refractivity contribution in [1.29, 1.82) is 0 Å². The highest BCUT2D eigenvalue weighted by atomic mass is 16.4. The van der Waals surface area contributed by atoms with Crippen LogP contribution in [-0.2, 0) is 4.79 Å². The van der Waals surface area contributed by atoms with Crippen LogP contribution in [0.2, 0.25) is 0 Å². The molecule has 0 heterocycles. The van der Waals surface area contributed by atoms with Crippen molar-refractivity contribution in [3.63, 3.8) is 0 Å². The van der Waals surface area contributed by atoms with Gasteiger partial charge in [0.15, 0.2) is 0 Å². The third kappa shape index (κ3) is 5.13. The molecule has 0 aliphatic rings. The predicted molar refractivity (Wildman–Crippen MR) is 78.0 cm³/mol. The minimum absolute atomic E-state index is 0.0202. The molecule has 0 aliphatic heterocycles. The monoisotopic (exact) mass is 293 g/mol. The number of carboxylic acids is 1. The van der Waals surface area contributed by atoms with Crippen molar-refractivity contribution in [2.24, 2.45) is 11.7 Å². The second kappa shape index (κ2) is 7.28. The van der Waals surface area contributed by atoms with E-state index in [-0.39, 0.29) is 17.2 Å². The number of carboxylic acid groups (broad SMARTS) is 1. The number of urea groups is 1. The minimum atomic E-state index is -1.14. The van der Waals surface area contributed by atoms with Gasteiger partial charge in [-0.15, -0.1) is 0 Å². The average molecular weight is 293 g/mol. The maximum atomic E-state index is 12.2. The van der Waals surface area contributed by atoms with E-state index in [9.17, 15) is 14.4 Å². The van der Waals surface area contributed by atoms with Crippen molar-refractivity contribution in [2.75, 3.05) is 5.32 Å². The van der Waals surface area contributed by atoms with Gasteiger partial charge in [0, 0.05) is 0 Å². The van der Waals surface area contributed by atoms with Crippen LogP contribution >= 0.6 is 0 Å². The first kappa shape index (κ1) is 16.5. The molecule has 0 fully saturated rings. The molecule has 0 aromatic heterocycles. The molecule has 1 unspecified atom stereocenters. The van der Waals surface area contributed by atoms with E-state index in [4.69, 9.17) is 10.8 Å². The van der Waals surface area contributed by atoms with Crippen LogP contribution in [-0.4, -0.2) is 29.1 Å². The van der Waals surface area contributed by atoms with Crippen molar-refractivity contribution < 1.29 is 19.5 Å². The molecular weight excluding hydrogens is 274 g/mol. The molecule has 0 bridgehead atoms. The zero-order valence-electron chi connectivity index (χ0n) is 11.9. The molecule has 0 spiro atoms. The Morgan fingerprint density at radius 3 is 2.38 bits per heavy atom. The molecule has 1 aromatic rings. The number of nitrogens with two attached hydrogens (primary N) is 1. The fraction of sp³-hybridized carbons (Fsp3) is 0.357. The van der Waals surface area contributed by atoms with Crippen molar-refractivity contribution in [2.45, 2.75) is 26.3 Å². The van der Waals surface area contributed by atoms with Crippen molar-refractivity contribution in [3.05, 3.63) is 29.8 Å². The molecule has 3 amide bonds. The molecule has 21 heavy (non-hydrogen) atoms. The van der Waals surface area contributed by atoms with Gasteiger partial charge in [-0.2, -0.15) is 0 Å². The van der Waals surface area contributed by atoms with Crippen LogP contribution < -0.4 is 16.4 Å². The normalized spacial score (nSPS) is 11.8. The van der Waals surface area contributed by atoms with Crippen molar-refractivity contribution >= 4 is 23.6 Å². The molecule has 1 aromatic carbocycles. The third-order valence-corrected chi connectivity index (χ3v) is 2.76. The number of nitrogens with one attached hydrogen (secondary N) is 2. The van der Waals surface area contributed by atoms with Crippen LogP contribution in [0.25, 0.3) is 0 Å². The summed E-state index contributed by atoms with van der Waals surface area (Å²) in [6, 6.07) is 4.43. The number of anilines is 1. The SMILES string of the molecule is CC(C)CC(NC(N)=O)C(=O)Nc1ccccc1C(=O)O. The Kier molecular flexibility index (Phi) is 5.71. The van der Waals surface area contributed by atoms with Gasteiger partial charge in [-0.25, -0.2) is 9.59 Å². The summed E-state index contributed by atoms with van der Waals surface area (Å²) in [4.78, 5) is 34.2. The van der Waals surface area contributed by atoms with Crippen LogP contribution in [0, 0.1) is 5.92 Å². The van der Waals surface area contributed by atoms with Gasteiger partial charge in [-0.3, -0.25) is 4.79 Å². The molecule has 7 heteroatoms. The van der Waals surface area contributed by atoms with E-state index in [0.29, 0.717) is 6.42 Å². The lowest BCUT2D eigenvalue weighted by atomic mass is 10.0. The summed E-state index contributed by atoms with van der Waals surface area (Å²) in [6.07, 6.45) is 0.393. The van der Waals surface area contributed by atoms with Crippen molar-refractivity contribution in [3.8, 4) is 0 Å². The molecule has 0 saturated carbocycles. The Labute approximate surface area is 122 Å². The first-order chi connectivity index (χ1) is 9.81. The van der Waals surface area contributed by atoms with Gasteiger partial charge in [0.1, 0.15) is 6.04 Å². The Balaban J connectivity index is 2.91. The summed E-state index contributed by atoms with van der Waals surface area (Å²) in [6.45, 7) is 3.79. The zero-order valence-corrected chi connectivity index (χ0v) is 11.9. The number of rotatable bonds is 6. The highest BCUT2D eigenvalue weighted by Gasteiger charge is 2.22. The number of benzene rings is 1. The molecular formula is C14H19N3O4. The summed E-state index contributed by atoms with van der Waals surface area (Å²) >= 11 is 0. The van der Waals surface area contributed by atoms with Gasteiger partial charge in [0.2, 0.25) is 5.91 Å². The Bertz CT molecular complexity index is 543. The predicted octanol–water partition coefficient (Wildman–Crippen LogP) is 1.41. The summed E-state index contributed by atoms with van der Waals surface area (Å²) in [5.41, 5.74) is 5.21. The molecule has 1 rings (SSSR count). The first-order valence-corrected chi connectivity index (χ1v) is 6.50. The van der Waals surface area contributed by atoms with E-state index >= 15 is 0 Å². The smallest absolute Gasteiger partial charge is 0.337 e. The standard InChI is InChI=1S/C14H19N3O4/c1-8(2)7-11(17-14(15)21)12(18)16-10-6-4-3-5-9(10)13(19)20/h3-6,8,11H,7H2,1-2H3,(H,16,18)(H,19,20)(H3,15,17,21). The van der Waals surface area contributed by atoms with Gasteiger partial charge >= 0.3 is 12.0 Å². The largest absolute Gasteiger partial charge is 0.478 e. The van der Waals surface area contributed by atoms with Crippen molar-refractivity contribution in [1.82, 2.24) is 5.32 Å². The van der Waals surface area contributed by atoms with E-state index in [2.05, 4.69) is 10.6 Å². The molecule has 0 saturated heterocycles. The topological polar surface area (TPSA) is 122 Å². The number of hydrogen-bond acceptors (Lipinski definition) is 3. The second-order valence-corrected chi connectivity index (χ2v) is 5.03. The molecule has 5 N–H and O–H groups in total. The van der Waals surface area contributed by atoms with Gasteiger partial charge < -0.3 is 21.5 Å². The van der Waals surface area contributed by atoms with Gasteiger partial charge in [0.25, 0.3) is 0 Å². The highest BCUT2D eigenvalue weighted by molar-refractivity contribution is 6.02. The minimum Gasteiger partial charge on any atom is -0.478 e. The lowest BCUT2D eigenvalue weighted by Crippen LogP contribution is -2.46. The van der Waals surface area contributed by atoms with E-state index in [1.54, 1.807) is 12.1 Å². The quantitative estimate of drug-likeness (QED) is 0.633. The zero-order chi connectivity index (χ0) is 16.0. The molecule has 114 valence electrons. The number of hydrogen-bond donors (Lipinski definition) is 4. The number of para-hydroxylation sites is 1. The highest BCUT2D eigenvalue weighted by Crippen LogP contribution is 2.16. The maximum Gasteiger partial charge on any atom is 0.337 e. The Hall–Kier alpha value is -2.57. The molecule has 0 radical (unpaired) electrons. The number of carbonyl (C=O) groups excluding carboxylic acids is 2. The average Bonchev–Trinajstić information content (AvgIpc) is 2.37. The van der Waals surface area contributed by atoms with Crippen LogP contribution in [0.4, 0.5) is 10.5 Å². The van der Waals surface area contributed by atoms with E-state index in [1.165, 1.54) is 12.1 Å². The fourth-order valence-electron chi connectivity index (χ4n) is 1.87. The number of carbonyl (C=O) groups is 3. The summed E-state index contributed by atoms with van der Waals surface area (Å²) in [7, 11) is 0. The fourth-order valence-corrected chi connectivity index (χ4v) is 1.87. The summed E-state index contributed by atoms with van der Waals surface area (Å²) in [5, 5.41) is 13.9. The van der Waals surface area contributed by atoms with Crippen LogP contribution in [0.15, 0.2) is 24.3 Å².